The van der Waals surface area contributed by atoms with Crippen LogP contribution in [0.25, 0.3) is 21.9 Å². The van der Waals surface area contributed by atoms with Crippen LogP contribution < -0.4 is 14.8 Å². The number of phenolic OH excluding ortho intramolecular Hbond substituents is 1. The van der Waals surface area contributed by atoms with Crippen LogP contribution >= 0.6 is 24.0 Å². The van der Waals surface area contributed by atoms with Crippen molar-refractivity contribution in [2.75, 3.05) is 19.4 Å². The molecular formula is C30H31Cl2NO5S. The summed E-state index contributed by atoms with van der Waals surface area (Å²) in [7, 11) is -3.45. The minimum absolute atomic E-state index is 0. The van der Waals surface area contributed by atoms with Crippen molar-refractivity contribution in [2.45, 2.75) is 36.6 Å². The van der Waals surface area contributed by atoms with Crippen LogP contribution in [0.15, 0.2) is 77.7 Å². The van der Waals surface area contributed by atoms with Crippen LogP contribution in [0.4, 0.5) is 0 Å². The maximum atomic E-state index is 12.0. The zero-order chi connectivity index (χ0) is 26.7. The third-order valence-corrected chi connectivity index (χ3v) is 8.37. The van der Waals surface area contributed by atoms with Gasteiger partial charge in [-0.25, -0.2) is 8.42 Å². The van der Waals surface area contributed by atoms with Gasteiger partial charge in [-0.3, -0.25) is 0 Å². The van der Waals surface area contributed by atoms with Crippen molar-refractivity contribution in [3.05, 3.63) is 77.8 Å². The molecule has 1 unspecified atom stereocenters. The number of fused-ring (bicyclic) bond motifs is 1. The van der Waals surface area contributed by atoms with Crippen molar-refractivity contribution >= 4 is 44.6 Å². The van der Waals surface area contributed by atoms with E-state index in [1.807, 2.05) is 36.4 Å². The minimum Gasteiger partial charge on any atom is -0.508 e. The molecule has 1 atom stereocenters. The number of phenols is 1. The maximum Gasteiger partial charge on any atom is 0.176 e. The van der Waals surface area contributed by atoms with Gasteiger partial charge >= 0.3 is 0 Å². The first kappa shape index (κ1) is 29.0. The Hall–Kier alpha value is -2.97. The number of hydrogen-bond donors (Lipinski definition) is 2. The lowest BCUT2D eigenvalue weighted by Crippen LogP contribution is -2.35. The molecule has 1 saturated heterocycles. The Balaban J connectivity index is 0.00000353. The van der Waals surface area contributed by atoms with Gasteiger partial charge in [0.25, 0.3) is 0 Å². The number of hydrogen-bond acceptors (Lipinski definition) is 6. The van der Waals surface area contributed by atoms with Crippen molar-refractivity contribution in [1.82, 2.24) is 5.32 Å². The number of piperidine rings is 1. The second-order valence-electron chi connectivity index (χ2n) is 9.62. The highest BCUT2D eigenvalue weighted by Gasteiger charge is 2.17. The Kier molecular flexibility index (Phi) is 9.28. The molecule has 0 radical (unpaired) electrons. The zero-order valence-corrected chi connectivity index (χ0v) is 23.9. The molecule has 1 heterocycles. The molecule has 0 saturated carbocycles. The third kappa shape index (κ3) is 6.97. The van der Waals surface area contributed by atoms with Gasteiger partial charge in [0.2, 0.25) is 0 Å². The number of ether oxygens (including phenoxy) is 2. The van der Waals surface area contributed by atoms with Crippen LogP contribution in [-0.2, 0) is 9.84 Å². The van der Waals surface area contributed by atoms with Crippen LogP contribution in [-0.4, -0.2) is 39.0 Å². The highest BCUT2D eigenvalue weighted by Crippen LogP contribution is 2.42. The number of rotatable bonds is 8. The van der Waals surface area contributed by atoms with Gasteiger partial charge in [0.1, 0.15) is 23.0 Å². The SMILES string of the molecule is CS(=O)(=O)c1ccc(-c2ccc3cc(O)ccc3c2Oc2ccc(OCCC3CCCCN3)cc2)cc1Cl.Cl. The third-order valence-electron chi connectivity index (χ3n) is 6.79. The molecule has 0 bridgehead atoms. The van der Waals surface area contributed by atoms with E-state index in [1.54, 1.807) is 30.3 Å². The van der Waals surface area contributed by atoms with E-state index in [0.29, 0.717) is 29.7 Å². The predicted molar refractivity (Wildman–Crippen MR) is 159 cm³/mol. The highest BCUT2D eigenvalue weighted by molar-refractivity contribution is 7.90. The smallest absolute Gasteiger partial charge is 0.176 e. The Morgan fingerprint density at radius 3 is 2.44 bits per heavy atom. The molecule has 0 aromatic heterocycles. The van der Waals surface area contributed by atoms with Gasteiger partial charge in [-0.05, 0) is 97.4 Å². The van der Waals surface area contributed by atoms with Crippen LogP contribution in [0.2, 0.25) is 5.02 Å². The van der Waals surface area contributed by atoms with Crippen molar-refractivity contribution in [3.63, 3.8) is 0 Å². The molecule has 1 fully saturated rings. The summed E-state index contributed by atoms with van der Waals surface area (Å²) in [5.41, 5.74) is 1.45. The molecule has 4 aromatic rings. The average molecular weight is 589 g/mol. The van der Waals surface area contributed by atoms with E-state index < -0.39 is 9.84 Å². The quantitative estimate of drug-likeness (QED) is 0.223. The molecule has 5 rings (SSSR count). The standard InChI is InChI=1S/C30H30ClNO5S.ClH/c1-38(34,35)29-14-6-21(19-28(29)31)26-12-5-20-18-23(33)7-13-27(20)30(26)37-25-10-8-24(9-11-25)36-17-15-22-4-2-3-16-32-22;/h5-14,18-19,22,32-33H,2-4,15-17H2,1H3;1H. The van der Waals surface area contributed by atoms with E-state index >= 15 is 0 Å². The molecule has 6 nitrogen and oxygen atoms in total. The Morgan fingerprint density at radius 1 is 0.974 bits per heavy atom. The molecular weight excluding hydrogens is 557 g/mol. The first-order valence-electron chi connectivity index (χ1n) is 12.7. The van der Waals surface area contributed by atoms with E-state index in [2.05, 4.69) is 5.32 Å². The maximum absolute atomic E-state index is 12.0. The van der Waals surface area contributed by atoms with E-state index in [4.69, 9.17) is 21.1 Å². The first-order valence-corrected chi connectivity index (χ1v) is 14.9. The first-order chi connectivity index (χ1) is 18.3. The van der Waals surface area contributed by atoms with Crippen molar-refractivity contribution in [1.29, 1.82) is 0 Å². The number of aromatic hydroxyl groups is 1. The predicted octanol–water partition coefficient (Wildman–Crippen LogP) is 7.39. The van der Waals surface area contributed by atoms with Gasteiger partial charge in [-0.1, -0.05) is 30.2 Å². The topological polar surface area (TPSA) is 84.9 Å². The fraction of sp³-hybridized carbons (Fsp3) is 0.267. The zero-order valence-electron chi connectivity index (χ0n) is 21.5. The van der Waals surface area contributed by atoms with E-state index in [-0.39, 0.29) is 28.1 Å². The molecule has 4 aromatic carbocycles. The second kappa shape index (κ2) is 12.5. The van der Waals surface area contributed by atoms with Crippen LogP contribution in [0.5, 0.6) is 23.0 Å². The lowest BCUT2D eigenvalue weighted by molar-refractivity contribution is 0.268. The summed E-state index contributed by atoms with van der Waals surface area (Å²) in [6.07, 6.45) is 5.82. The van der Waals surface area contributed by atoms with E-state index in [0.717, 1.165) is 41.3 Å². The van der Waals surface area contributed by atoms with Gasteiger partial charge in [0, 0.05) is 23.2 Å². The highest BCUT2D eigenvalue weighted by atomic mass is 35.5. The molecule has 9 heteroatoms. The summed E-state index contributed by atoms with van der Waals surface area (Å²) in [6, 6.07) is 21.7. The van der Waals surface area contributed by atoms with Crippen molar-refractivity contribution < 1.29 is 23.0 Å². The number of sulfone groups is 1. The van der Waals surface area contributed by atoms with Gasteiger partial charge in [0.15, 0.2) is 9.84 Å². The summed E-state index contributed by atoms with van der Waals surface area (Å²) in [5.74, 6) is 2.12. The van der Waals surface area contributed by atoms with E-state index in [9.17, 15) is 13.5 Å². The van der Waals surface area contributed by atoms with Gasteiger partial charge in [-0.15, -0.1) is 12.4 Å². The lowest BCUT2D eigenvalue weighted by Gasteiger charge is -2.23. The van der Waals surface area contributed by atoms with Gasteiger partial charge in [0.05, 0.1) is 16.5 Å². The Morgan fingerprint density at radius 2 is 1.74 bits per heavy atom. The molecule has 2 N–H and O–H groups in total. The summed E-state index contributed by atoms with van der Waals surface area (Å²) < 4.78 is 36.4. The molecule has 0 aliphatic carbocycles. The fourth-order valence-electron chi connectivity index (χ4n) is 4.81. The summed E-state index contributed by atoms with van der Waals surface area (Å²) in [5, 5.41) is 15.3. The molecule has 39 heavy (non-hydrogen) atoms. The summed E-state index contributed by atoms with van der Waals surface area (Å²) >= 11 is 6.35. The van der Waals surface area contributed by atoms with Gasteiger partial charge < -0.3 is 19.9 Å². The summed E-state index contributed by atoms with van der Waals surface area (Å²) in [6.45, 7) is 1.74. The fourth-order valence-corrected chi connectivity index (χ4v) is 6.14. The molecule has 206 valence electrons. The van der Waals surface area contributed by atoms with E-state index in [1.165, 1.54) is 25.3 Å². The molecule has 1 aliphatic rings. The van der Waals surface area contributed by atoms with Crippen LogP contribution in [0.3, 0.4) is 0 Å². The van der Waals surface area contributed by atoms with Crippen LogP contribution in [0.1, 0.15) is 25.7 Å². The van der Waals surface area contributed by atoms with Crippen LogP contribution in [0, 0.1) is 0 Å². The average Bonchev–Trinajstić information content (AvgIpc) is 2.89. The minimum atomic E-state index is -3.45. The molecule has 0 spiro atoms. The number of benzene rings is 4. The van der Waals surface area contributed by atoms with Gasteiger partial charge in [-0.2, -0.15) is 0 Å². The summed E-state index contributed by atoms with van der Waals surface area (Å²) in [4.78, 5) is 0.0750. The number of nitrogens with one attached hydrogen (secondary N) is 1. The molecule has 0 amide bonds. The second-order valence-corrected chi connectivity index (χ2v) is 12.0. The van der Waals surface area contributed by atoms with Crippen molar-refractivity contribution in [2.24, 2.45) is 0 Å². The monoisotopic (exact) mass is 587 g/mol. The van der Waals surface area contributed by atoms with Crippen molar-refractivity contribution in [3.8, 4) is 34.1 Å². The Labute approximate surface area is 240 Å². The largest absolute Gasteiger partial charge is 0.508 e. The molecule has 1 aliphatic heterocycles. The lowest BCUT2D eigenvalue weighted by atomic mass is 9.99. The number of halogens is 2. The normalized spacial score (nSPS) is 15.5. The Bertz CT molecular complexity index is 1550.